The van der Waals surface area contributed by atoms with Crippen molar-refractivity contribution >= 4 is 28.4 Å². The standard InChI is InChI=1S/C13H6ClFO3/c14-12-4-3-10(18-12)13(16)11-6-7-5-8(15)1-2-9(7)17-11/h1-6H. The predicted molar refractivity (Wildman–Crippen MR) is 63.3 cm³/mol. The Labute approximate surface area is 106 Å². The zero-order valence-corrected chi connectivity index (χ0v) is 9.70. The van der Waals surface area contributed by atoms with Crippen molar-refractivity contribution in [3.63, 3.8) is 0 Å². The molecule has 0 atom stereocenters. The summed E-state index contributed by atoms with van der Waals surface area (Å²) in [6.07, 6.45) is 0. The Morgan fingerprint density at radius 3 is 2.61 bits per heavy atom. The second-order valence-corrected chi connectivity index (χ2v) is 4.10. The van der Waals surface area contributed by atoms with Crippen LogP contribution in [-0.2, 0) is 0 Å². The summed E-state index contributed by atoms with van der Waals surface area (Å²) in [5, 5.41) is 0.650. The summed E-state index contributed by atoms with van der Waals surface area (Å²) < 4.78 is 23.3. The van der Waals surface area contributed by atoms with Crippen LogP contribution in [0.15, 0.2) is 45.2 Å². The number of ketones is 1. The number of hydrogen-bond donors (Lipinski definition) is 0. The lowest BCUT2D eigenvalue weighted by Crippen LogP contribution is -1.96. The van der Waals surface area contributed by atoms with Gasteiger partial charge in [-0.2, -0.15) is 0 Å². The van der Waals surface area contributed by atoms with E-state index in [-0.39, 0.29) is 22.6 Å². The van der Waals surface area contributed by atoms with Crippen molar-refractivity contribution in [2.24, 2.45) is 0 Å². The van der Waals surface area contributed by atoms with Crippen molar-refractivity contribution in [3.05, 3.63) is 59.0 Å². The number of rotatable bonds is 2. The molecule has 0 radical (unpaired) electrons. The van der Waals surface area contributed by atoms with E-state index in [0.29, 0.717) is 11.0 Å². The molecule has 0 aliphatic rings. The second-order valence-electron chi connectivity index (χ2n) is 3.73. The maximum Gasteiger partial charge on any atom is 0.263 e. The molecule has 0 aliphatic carbocycles. The van der Waals surface area contributed by atoms with E-state index in [4.69, 9.17) is 20.4 Å². The first-order valence-electron chi connectivity index (χ1n) is 5.12. The van der Waals surface area contributed by atoms with Gasteiger partial charge in [-0.25, -0.2) is 4.39 Å². The molecule has 0 fully saturated rings. The molecule has 0 unspecified atom stereocenters. The monoisotopic (exact) mass is 264 g/mol. The summed E-state index contributed by atoms with van der Waals surface area (Å²) in [4.78, 5) is 12.0. The molecule has 0 spiro atoms. The van der Waals surface area contributed by atoms with Crippen LogP contribution in [0.25, 0.3) is 11.0 Å². The van der Waals surface area contributed by atoms with E-state index in [1.54, 1.807) is 0 Å². The fourth-order valence-corrected chi connectivity index (χ4v) is 1.83. The van der Waals surface area contributed by atoms with E-state index >= 15 is 0 Å². The summed E-state index contributed by atoms with van der Waals surface area (Å²) in [5.74, 6) is -0.650. The van der Waals surface area contributed by atoms with Gasteiger partial charge in [0.2, 0.25) is 0 Å². The summed E-state index contributed by atoms with van der Waals surface area (Å²) in [6.45, 7) is 0. The van der Waals surface area contributed by atoms with Crippen LogP contribution in [0.3, 0.4) is 0 Å². The van der Waals surface area contributed by atoms with Crippen LogP contribution in [0.5, 0.6) is 0 Å². The number of carbonyl (C=O) groups is 1. The minimum Gasteiger partial charge on any atom is -0.452 e. The maximum atomic E-state index is 13.0. The third kappa shape index (κ3) is 1.80. The first-order valence-corrected chi connectivity index (χ1v) is 5.50. The zero-order chi connectivity index (χ0) is 12.7. The number of carbonyl (C=O) groups excluding carboxylic acids is 1. The van der Waals surface area contributed by atoms with Gasteiger partial charge in [0.05, 0.1) is 0 Å². The van der Waals surface area contributed by atoms with Crippen LogP contribution in [0.2, 0.25) is 5.22 Å². The molecule has 5 heteroatoms. The van der Waals surface area contributed by atoms with Crippen molar-refractivity contribution < 1.29 is 18.0 Å². The first kappa shape index (κ1) is 11.0. The number of benzene rings is 1. The molecule has 3 rings (SSSR count). The van der Waals surface area contributed by atoms with Crippen molar-refractivity contribution in [3.8, 4) is 0 Å². The highest BCUT2D eigenvalue weighted by molar-refractivity contribution is 6.29. The van der Waals surface area contributed by atoms with Gasteiger partial charge >= 0.3 is 0 Å². The Hall–Kier alpha value is -2.07. The number of furan rings is 2. The molecule has 90 valence electrons. The molecule has 0 saturated heterocycles. The molecule has 3 nitrogen and oxygen atoms in total. The van der Waals surface area contributed by atoms with E-state index in [2.05, 4.69) is 0 Å². The van der Waals surface area contributed by atoms with E-state index in [1.807, 2.05) is 0 Å². The van der Waals surface area contributed by atoms with E-state index in [0.717, 1.165) is 0 Å². The van der Waals surface area contributed by atoms with Gasteiger partial charge in [-0.15, -0.1) is 0 Å². The Morgan fingerprint density at radius 1 is 1.06 bits per heavy atom. The largest absolute Gasteiger partial charge is 0.452 e. The van der Waals surface area contributed by atoms with E-state index in [1.165, 1.54) is 36.4 Å². The first-order chi connectivity index (χ1) is 8.63. The average Bonchev–Trinajstić information content (AvgIpc) is 2.93. The quantitative estimate of drug-likeness (QED) is 0.656. The molecule has 1 aromatic carbocycles. The van der Waals surface area contributed by atoms with Crippen LogP contribution < -0.4 is 0 Å². The van der Waals surface area contributed by atoms with Gasteiger partial charge in [0, 0.05) is 5.39 Å². The molecule has 0 saturated carbocycles. The highest BCUT2D eigenvalue weighted by Crippen LogP contribution is 2.23. The molecule has 0 bridgehead atoms. The topological polar surface area (TPSA) is 43.4 Å². The molecule has 0 amide bonds. The molecule has 2 aromatic heterocycles. The fourth-order valence-electron chi connectivity index (χ4n) is 1.68. The van der Waals surface area contributed by atoms with Crippen LogP contribution in [0.4, 0.5) is 4.39 Å². The third-order valence-corrected chi connectivity index (χ3v) is 2.70. The van der Waals surface area contributed by atoms with Gasteiger partial charge in [0.1, 0.15) is 11.4 Å². The van der Waals surface area contributed by atoms with Gasteiger partial charge < -0.3 is 8.83 Å². The average molecular weight is 265 g/mol. The summed E-state index contributed by atoms with van der Waals surface area (Å²) >= 11 is 5.59. The van der Waals surface area contributed by atoms with E-state index < -0.39 is 5.78 Å². The lowest BCUT2D eigenvalue weighted by Gasteiger charge is -1.90. The minimum absolute atomic E-state index is 0.0829. The van der Waals surface area contributed by atoms with Gasteiger partial charge in [-0.1, -0.05) is 0 Å². The smallest absolute Gasteiger partial charge is 0.263 e. The van der Waals surface area contributed by atoms with Crippen molar-refractivity contribution in [2.75, 3.05) is 0 Å². The Morgan fingerprint density at radius 2 is 1.89 bits per heavy atom. The van der Waals surface area contributed by atoms with Crippen molar-refractivity contribution in [2.45, 2.75) is 0 Å². The van der Waals surface area contributed by atoms with Crippen LogP contribution >= 0.6 is 11.6 Å². The van der Waals surface area contributed by atoms with Crippen LogP contribution in [0.1, 0.15) is 16.3 Å². The lowest BCUT2D eigenvalue weighted by molar-refractivity contribution is 0.0985. The fraction of sp³-hybridized carbons (Fsp3) is 0. The second kappa shape index (κ2) is 3.99. The predicted octanol–water partition coefficient (Wildman–Crippen LogP) is 4.05. The van der Waals surface area contributed by atoms with Crippen molar-refractivity contribution in [1.82, 2.24) is 0 Å². The Kier molecular flexibility index (Phi) is 2.45. The number of hydrogen-bond acceptors (Lipinski definition) is 3. The summed E-state index contributed by atoms with van der Waals surface area (Å²) in [6, 6.07) is 8.43. The number of fused-ring (bicyclic) bond motifs is 1. The highest BCUT2D eigenvalue weighted by Gasteiger charge is 2.18. The van der Waals surface area contributed by atoms with Gasteiger partial charge in [0.15, 0.2) is 16.7 Å². The molecule has 0 aliphatic heterocycles. The van der Waals surface area contributed by atoms with Gasteiger partial charge in [0.25, 0.3) is 5.78 Å². The Balaban J connectivity index is 2.06. The number of halogens is 2. The maximum absolute atomic E-state index is 13.0. The zero-order valence-electron chi connectivity index (χ0n) is 8.94. The molecule has 18 heavy (non-hydrogen) atoms. The van der Waals surface area contributed by atoms with Crippen molar-refractivity contribution in [1.29, 1.82) is 0 Å². The highest BCUT2D eigenvalue weighted by atomic mass is 35.5. The Bertz CT molecular complexity index is 742. The van der Waals surface area contributed by atoms with Gasteiger partial charge in [-0.05, 0) is 48.0 Å². The lowest BCUT2D eigenvalue weighted by atomic mass is 10.2. The van der Waals surface area contributed by atoms with Crippen LogP contribution in [-0.4, -0.2) is 5.78 Å². The van der Waals surface area contributed by atoms with E-state index in [9.17, 15) is 9.18 Å². The third-order valence-electron chi connectivity index (χ3n) is 2.50. The molecule has 0 N–H and O–H groups in total. The molecule has 2 heterocycles. The normalized spacial score (nSPS) is 11.0. The molecule has 3 aromatic rings. The minimum atomic E-state index is -0.432. The molecular weight excluding hydrogens is 259 g/mol. The summed E-state index contributed by atoms with van der Waals surface area (Å²) in [7, 11) is 0. The van der Waals surface area contributed by atoms with Crippen LogP contribution in [0, 0.1) is 5.82 Å². The SMILES string of the molecule is O=C(c1ccc(Cl)o1)c1cc2cc(F)ccc2o1. The molecular formula is C13H6ClFO3. The summed E-state index contributed by atoms with van der Waals surface area (Å²) in [5.41, 5.74) is 0.442. The van der Waals surface area contributed by atoms with Gasteiger partial charge in [-0.3, -0.25) is 4.79 Å².